The molecule has 3 aromatic rings. The molecule has 0 unspecified atom stereocenters. The maximum Gasteiger partial charge on any atom is 0.140 e. The Morgan fingerprint density at radius 2 is 1.95 bits per heavy atom. The van der Waals surface area contributed by atoms with Crippen LogP contribution in [0.15, 0.2) is 36.5 Å². The van der Waals surface area contributed by atoms with Crippen LogP contribution in [0.2, 0.25) is 0 Å². The summed E-state index contributed by atoms with van der Waals surface area (Å²) in [6.07, 6.45) is 1.26. The summed E-state index contributed by atoms with van der Waals surface area (Å²) in [5.41, 5.74) is 8.04. The van der Waals surface area contributed by atoms with Crippen LogP contribution in [-0.4, -0.2) is 9.38 Å². The van der Waals surface area contributed by atoms with Gasteiger partial charge in [-0.3, -0.25) is 4.40 Å². The lowest BCUT2D eigenvalue weighted by Gasteiger charge is -2.01. The van der Waals surface area contributed by atoms with Crippen LogP contribution < -0.4 is 5.73 Å². The third kappa shape index (κ3) is 1.83. The number of hydrogen-bond donors (Lipinski definition) is 1. The largest absolute Gasteiger partial charge is 0.383 e. The van der Waals surface area contributed by atoms with E-state index in [1.54, 1.807) is 19.1 Å². The number of rotatable bonds is 1. The Labute approximate surface area is 108 Å². The zero-order chi connectivity index (χ0) is 13.6. The molecule has 0 aliphatic heterocycles. The first-order valence-corrected chi connectivity index (χ1v) is 5.76. The van der Waals surface area contributed by atoms with Crippen molar-refractivity contribution >= 4 is 11.5 Å². The van der Waals surface area contributed by atoms with E-state index in [1.165, 1.54) is 28.8 Å². The zero-order valence-corrected chi connectivity index (χ0v) is 10.2. The minimum atomic E-state index is -0.404. The minimum Gasteiger partial charge on any atom is -0.383 e. The van der Waals surface area contributed by atoms with Gasteiger partial charge < -0.3 is 5.73 Å². The topological polar surface area (TPSA) is 43.3 Å². The van der Waals surface area contributed by atoms with Crippen LogP contribution in [0.3, 0.4) is 0 Å². The van der Waals surface area contributed by atoms with Crippen molar-refractivity contribution in [2.45, 2.75) is 6.92 Å². The summed E-state index contributed by atoms with van der Waals surface area (Å²) in [5.74, 6) is -0.434. The van der Waals surface area contributed by atoms with Gasteiger partial charge in [0, 0.05) is 11.8 Å². The van der Waals surface area contributed by atoms with Crippen molar-refractivity contribution in [1.82, 2.24) is 9.38 Å². The highest BCUT2D eigenvalue weighted by molar-refractivity contribution is 5.75. The highest BCUT2D eigenvalue weighted by Gasteiger charge is 2.12. The van der Waals surface area contributed by atoms with E-state index in [0.717, 1.165) is 0 Å². The third-order valence-corrected chi connectivity index (χ3v) is 3.06. The molecule has 3 rings (SSSR count). The van der Waals surface area contributed by atoms with Crippen LogP contribution in [0, 0.1) is 18.6 Å². The average Bonchev–Trinajstić information content (AvgIpc) is 2.70. The van der Waals surface area contributed by atoms with E-state index < -0.39 is 5.82 Å². The molecular formula is C14H11F2N3. The Hall–Kier alpha value is -2.43. The summed E-state index contributed by atoms with van der Waals surface area (Å²) in [7, 11) is 0. The molecule has 0 saturated carbocycles. The van der Waals surface area contributed by atoms with Crippen molar-refractivity contribution in [2.75, 3.05) is 5.73 Å². The lowest BCUT2D eigenvalue weighted by Crippen LogP contribution is -1.95. The van der Waals surface area contributed by atoms with Gasteiger partial charge in [-0.2, -0.15) is 0 Å². The number of hydrogen-bond acceptors (Lipinski definition) is 2. The lowest BCUT2D eigenvalue weighted by atomic mass is 10.1. The summed E-state index contributed by atoms with van der Waals surface area (Å²) >= 11 is 0. The molecule has 0 aliphatic carbocycles. The standard InChI is InChI=1S/C14H11F2N3/c1-8-2-3-9(6-11(8)16)13-14(17)19-7-10(15)4-5-12(19)18-13/h2-7H,17H2,1H3. The van der Waals surface area contributed by atoms with Crippen LogP contribution in [0.5, 0.6) is 0 Å². The van der Waals surface area contributed by atoms with Gasteiger partial charge >= 0.3 is 0 Å². The highest BCUT2D eigenvalue weighted by Crippen LogP contribution is 2.27. The Morgan fingerprint density at radius 1 is 1.16 bits per heavy atom. The van der Waals surface area contributed by atoms with Gasteiger partial charge in [0.2, 0.25) is 0 Å². The highest BCUT2D eigenvalue weighted by atomic mass is 19.1. The summed E-state index contributed by atoms with van der Waals surface area (Å²) < 4.78 is 28.2. The fourth-order valence-corrected chi connectivity index (χ4v) is 1.99. The monoisotopic (exact) mass is 259 g/mol. The number of anilines is 1. The first-order chi connectivity index (χ1) is 9.06. The maximum absolute atomic E-state index is 13.6. The third-order valence-electron chi connectivity index (χ3n) is 3.06. The predicted molar refractivity (Wildman–Crippen MR) is 69.7 cm³/mol. The molecule has 3 nitrogen and oxygen atoms in total. The molecule has 0 saturated heterocycles. The first kappa shape index (κ1) is 11.6. The number of aromatic nitrogens is 2. The van der Waals surface area contributed by atoms with Gasteiger partial charge in [-0.05, 0) is 30.7 Å². The molecule has 2 N–H and O–H groups in total. The van der Waals surface area contributed by atoms with E-state index in [4.69, 9.17) is 5.73 Å². The molecule has 0 aliphatic rings. The number of nitrogens with zero attached hydrogens (tertiary/aromatic N) is 2. The van der Waals surface area contributed by atoms with Gasteiger partial charge in [0.25, 0.3) is 0 Å². The number of pyridine rings is 1. The van der Waals surface area contributed by atoms with Gasteiger partial charge in [0.1, 0.15) is 28.8 Å². The number of aryl methyl sites for hydroxylation is 1. The number of fused-ring (bicyclic) bond motifs is 1. The second-order valence-corrected chi connectivity index (χ2v) is 4.39. The molecule has 0 fully saturated rings. The first-order valence-electron chi connectivity index (χ1n) is 5.76. The Morgan fingerprint density at radius 3 is 2.68 bits per heavy atom. The summed E-state index contributed by atoms with van der Waals surface area (Å²) in [4.78, 5) is 4.30. The Bertz CT molecular complexity index is 778. The molecule has 1 aromatic carbocycles. The van der Waals surface area contributed by atoms with Crippen LogP contribution in [0.25, 0.3) is 16.9 Å². The molecule has 96 valence electrons. The number of imidazole rings is 1. The average molecular weight is 259 g/mol. The van der Waals surface area contributed by atoms with Crippen molar-refractivity contribution in [3.63, 3.8) is 0 Å². The smallest absolute Gasteiger partial charge is 0.140 e. The van der Waals surface area contributed by atoms with Crippen LogP contribution in [-0.2, 0) is 0 Å². The molecule has 19 heavy (non-hydrogen) atoms. The molecule has 0 spiro atoms. The molecule has 0 radical (unpaired) electrons. The fraction of sp³-hybridized carbons (Fsp3) is 0.0714. The van der Waals surface area contributed by atoms with E-state index in [-0.39, 0.29) is 11.6 Å². The van der Waals surface area contributed by atoms with E-state index in [1.807, 2.05) is 0 Å². The summed E-state index contributed by atoms with van der Waals surface area (Å²) in [6, 6.07) is 7.62. The van der Waals surface area contributed by atoms with Crippen LogP contribution in [0.4, 0.5) is 14.6 Å². The van der Waals surface area contributed by atoms with Gasteiger partial charge in [-0.15, -0.1) is 0 Å². The predicted octanol–water partition coefficient (Wildman–Crippen LogP) is 3.17. The number of nitrogen functional groups attached to an aromatic ring is 1. The van der Waals surface area contributed by atoms with E-state index in [0.29, 0.717) is 22.5 Å². The van der Waals surface area contributed by atoms with Crippen molar-refractivity contribution in [3.05, 3.63) is 53.7 Å². The van der Waals surface area contributed by atoms with Crippen molar-refractivity contribution in [3.8, 4) is 11.3 Å². The zero-order valence-electron chi connectivity index (χ0n) is 10.2. The van der Waals surface area contributed by atoms with Crippen LogP contribution in [0.1, 0.15) is 5.56 Å². The van der Waals surface area contributed by atoms with Gasteiger partial charge in [0.05, 0.1) is 0 Å². The van der Waals surface area contributed by atoms with Gasteiger partial charge in [-0.1, -0.05) is 12.1 Å². The van der Waals surface area contributed by atoms with E-state index >= 15 is 0 Å². The van der Waals surface area contributed by atoms with Crippen molar-refractivity contribution < 1.29 is 8.78 Å². The fourth-order valence-electron chi connectivity index (χ4n) is 1.99. The minimum absolute atomic E-state index is 0.290. The number of nitrogens with two attached hydrogens (primary N) is 1. The molecule has 0 bridgehead atoms. The number of benzene rings is 1. The molecular weight excluding hydrogens is 248 g/mol. The van der Waals surface area contributed by atoms with E-state index in [9.17, 15) is 8.78 Å². The summed E-state index contributed by atoms with van der Waals surface area (Å²) in [5, 5.41) is 0. The van der Waals surface area contributed by atoms with Gasteiger partial charge in [0.15, 0.2) is 0 Å². The Balaban J connectivity index is 2.24. The maximum atomic E-state index is 13.6. The molecule has 0 amide bonds. The summed E-state index contributed by atoms with van der Waals surface area (Å²) in [6.45, 7) is 1.68. The molecule has 2 heterocycles. The quantitative estimate of drug-likeness (QED) is 0.729. The van der Waals surface area contributed by atoms with Gasteiger partial charge in [-0.25, -0.2) is 13.8 Å². The number of halogens is 2. The normalized spacial score (nSPS) is 11.1. The molecule has 2 aromatic heterocycles. The molecule has 5 heteroatoms. The van der Waals surface area contributed by atoms with Crippen molar-refractivity contribution in [2.24, 2.45) is 0 Å². The van der Waals surface area contributed by atoms with E-state index in [2.05, 4.69) is 4.98 Å². The van der Waals surface area contributed by atoms with Crippen LogP contribution >= 0.6 is 0 Å². The SMILES string of the molecule is Cc1ccc(-c2nc3ccc(F)cn3c2N)cc1F. The Kier molecular flexibility index (Phi) is 2.48. The lowest BCUT2D eigenvalue weighted by molar-refractivity contribution is 0.618. The van der Waals surface area contributed by atoms with Crippen molar-refractivity contribution in [1.29, 1.82) is 0 Å². The second-order valence-electron chi connectivity index (χ2n) is 4.39. The second kappa shape index (κ2) is 4.05. The molecule has 0 atom stereocenters.